The third-order valence-electron chi connectivity index (χ3n) is 3.50. The highest BCUT2D eigenvalue weighted by atomic mass is 15.2. The second-order valence-corrected chi connectivity index (χ2v) is 4.07. The van der Waals surface area contributed by atoms with E-state index in [0.29, 0.717) is 6.04 Å². The van der Waals surface area contributed by atoms with Crippen LogP contribution in [0.25, 0.3) is 0 Å². The Morgan fingerprint density at radius 1 is 1.58 bits per heavy atom. The molecule has 2 heteroatoms. The maximum Gasteiger partial charge on any atom is 0.0221 e. The van der Waals surface area contributed by atoms with Gasteiger partial charge in [0.25, 0.3) is 0 Å². The van der Waals surface area contributed by atoms with Crippen molar-refractivity contribution in [3.05, 3.63) is 12.7 Å². The van der Waals surface area contributed by atoms with E-state index in [-0.39, 0.29) is 0 Å². The smallest absolute Gasteiger partial charge is 0.0221 e. The molecule has 12 heavy (non-hydrogen) atoms. The maximum atomic E-state index is 5.71. The minimum absolute atomic E-state index is 0.667. The summed E-state index contributed by atoms with van der Waals surface area (Å²) in [7, 11) is 0. The Morgan fingerprint density at radius 2 is 2.42 bits per heavy atom. The average molecular weight is 166 g/mol. The van der Waals surface area contributed by atoms with E-state index in [0.717, 1.165) is 18.4 Å². The molecule has 0 amide bonds. The summed E-state index contributed by atoms with van der Waals surface area (Å²) in [5.41, 5.74) is 5.71. The van der Waals surface area contributed by atoms with Crippen LogP contribution in [0, 0.1) is 11.8 Å². The lowest BCUT2D eigenvalue weighted by molar-refractivity contribution is 0.0234. The highest BCUT2D eigenvalue weighted by Crippen LogP contribution is 2.36. The number of rotatable bonds is 2. The first-order valence-corrected chi connectivity index (χ1v) is 4.92. The van der Waals surface area contributed by atoms with Crippen LogP contribution in [0.5, 0.6) is 0 Å². The molecule has 0 spiro atoms. The molecule has 0 aromatic carbocycles. The fraction of sp³-hybridized carbons (Fsp3) is 0.800. The van der Waals surface area contributed by atoms with Gasteiger partial charge in [-0.15, -0.1) is 6.58 Å². The van der Waals surface area contributed by atoms with E-state index in [1.165, 1.54) is 25.9 Å². The van der Waals surface area contributed by atoms with Crippen LogP contribution >= 0.6 is 0 Å². The standard InChI is InChI=1S/C10H18N2/c1-2-8-7-12-4-3-9(8)5-10(12)6-11/h2,8-10H,1,3-7,11H2/t8-,9-,10+/m0/s1. The SMILES string of the molecule is C=C[C@H]1CN2CC[C@H]1C[C@@H]2CN. The molecule has 2 bridgehead atoms. The number of hydrogen-bond donors (Lipinski definition) is 1. The van der Waals surface area contributed by atoms with Crippen LogP contribution in [-0.4, -0.2) is 30.6 Å². The van der Waals surface area contributed by atoms with Gasteiger partial charge < -0.3 is 5.73 Å². The zero-order valence-corrected chi connectivity index (χ0v) is 7.58. The predicted molar refractivity (Wildman–Crippen MR) is 50.8 cm³/mol. The second kappa shape index (κ2) is 3.19. The van der Waals surface area contributed by atoms with Crippen LogP contribution in [0.15, 0.2) is 12.7 Å². The third kappa shape index (κ3) is 1.19. The summed E-state index contributed by atoms with van der Waals surface area (Å²) in [6, 6.07) is 0.667. The van der Waals surface area contributed by atoms with Crippen molar-refractivity contribution in [1.82, 2.24) is 4.90 Å². The number of hydrogen-bond acceptors (Lipinski definition) is 2. The molecular formula is C10H18N2. The molecule has 3 heterocycles. The second-order valence-electron chi connectivity index (χ2n) is 4.07. The summed E-state index contributed by atoms with van der Waals surface area (Å²) in [5, 5.41) is 0. The molecule has 68 valence electrons. The van der Waals surface area contributed by atoms with E-state index in [1.807, 2.05) is 0 Å². The quantitative estimate of drug-likeness (QED) is 0.616. The highest BCUT2D eigenvalue weighted by Gasteiger charge is 2.37. The first-order valence-electron chi connectivity index (χ1n) is 4.92. The average Bonchev–Trinajstić information content (AvgIpc) is 2.18. The lowest BCUT2D eigenvalue weighted by Crippen LogP contribution is -2.55. The Bertz CT molecular complexity index is 179. The Morgan fingerprint density at radius 3 is 2.92 bits per heavy atom. The molecule has 2 nitrogen and oxygen atoms in total. The lowest BCUT2D eigenvalue weighted by Gasteiger charge is -2.48. The Labute approximate surface area is 74.4 Å². The van der Waals surface area contributed by atoms with Gasteiger partial charge in [0.1, 0.15) is 0 Å². The molecule has 0 radical (unpaired) electrons. The van der Waals surface area contributed by atoms with Gasteiger partial charge in [-0.25, -0.2) is 0 Å². The number of fused-ring (bicyclic) bond motifs is 3. The van der Waals surface area contributed by atoms with E-state index >= 15 is 0 Å². The zero-order chi connectivity index (χ0) is 8.55. The summed E-state index contributed by atoms with van der Waals surface area (Å²) in [6.45, 7) is 7.19. The van der Waals surface area contributed by atoms with Crippen molar-refractivity contribution in [2.75, 3.05) is 19.6 Å². The number of nitrogens with zero attached hydrogens (tertiary/aromatic N) is 1. The third-order valence-corrected chi connectivity index (χ3v) is 3.50. The van der Waals surface area contributed by atoms with E-state index in [2.05, 4.69) is 17.6 Å². The molecule has 0 saturated carbocycles. The van der Waals surface area contributed by atoms with E-state index in [4.69, 9.17) is 5.73 Å². The van der Waals surface area contributed by atoms with Crippen LogP contribution in [0.2, 0.25) is 0 Å². The molecule has 3 rings (SSSR count). The van der Waals surface area contributed by atoms with Gasteiger partial charge in [-0.2, -0.15) is 0 Å². The van der Waals surface area contributed by atoms with Crippen molar-refractivity contribution in [2.24, 2.45) is 17.6 Å². The largest absolute Gasteiger partial charge is 0.329 e. The van der Waals surface area contributed by atoms with Gasteiger partial charge in [0, 0.05) is 19.1 Å². The van der Waals surface area contributed by atoms with Crippen LogP contribution in [0.3, 0.4) is 0 Å². The van der Waals surface area contributed by atoms with Crippen molar-refractivity contribution in [2.45, 2.75) is 18.9 Å². The van der Waals surface area contributed by atoms with Crippen LogP contribution < -0.4 is 5.73 Å². The minimum atomic E-state index is 0.667. The van der Waals surface area contributed by atoms with E-state index < -0.39 is 0 Å². The Kier molecular flexibility index (Phi) is 2.20. The molecular weight excluding hydrogens is 148 g/mol. The summed E-state index contributed by atoms with van der Waals surface area (Å²) >= 11 is 0. The van der Waals surface area contributed by atoms with Gasteiger partial charge in [0.05, 0.1) is 0 Å². The lowest BCUT2D eigenvalue weighted by atomic mass is 9.76. The van der Waals surface area contributed by atoms with Crippen molar-refractivity contribution in [1.29, 1.82) is 0 Å². The first-order chi connectivity index (χ1) is 5.85. The van der Waals surface area contributed by atoms with Gasteiger partial charge in [-0.3, -0.25) is 4.90 Å². The number of nitrogens with two attached hydrogens (primary N) is 1. The van der Waals surface area contributed by atoms with Crippen molar-refractivity contribution < 1.29 is 0 Å². The molecule has 0 aromatic heterocycles. The fourth-order valence-corrected chi connectivity index (χ4v) is 2.69. The molecule has 0 aromatic rings. The van der Waals surface area contributed by atoms with Crippen molar-refractivity contribution in [3.8, 4) is 0 Å². The predicted octanol–water partition coefficient (Wildman–Crippen LogP) is 0.841. The fourth-order valence-electron chi connectivity index (χ4n) is 2.69. The molecule has 2 N–H and O–H groups in total. The van der Waals surface area contributed by atoms with Crippen molar-refractivity contribution in [3.63, 3.8) is 0 Å². The molecule has 3 aliphatic heterocycles. The Hall–Kier alpha value is -0.340. The van der Waals surface area contributed by atoms with Gasteiger partial charge in [-0.1, -0.05) is 6.08 Å². The van der Waals surface area contributed by atoms with Gasteiger partial charge in [0.2, 0.25) is 0 Å². The van der Waals surface area contributed by atoms with Gasteiger partial charge >= 0.3 is 0 Å². The van der Waals surface area contributed by atoms with E-state index in [9.17, 15) is 0 Å². The number of piperidine rings is 3. The zero-order valence-electron chi connectivity index (χ0n) is 7.58. The minimum Gasteiger partial charge on any atom is -0.329 e. The van der Waals surface area contributed by atoms with Crippen LogP contribution in [0.1, 0.15) is 12.8 Å². The molecule has 1 unspecified atom stereocenters. The summed E-state index contributed by atoms with van der Waals surface area (Å²) in [6.07, 6.45) is 4.78. The highest BCUT2D eigenvalue weighted by molar-refractivity contribution is 4.98. The van der Waals surface area contributed by atoms with Crippen molar-refractivity contribution >= 4 is 0 Å². The molecule has 3 saturated heterocycles. The van der Waals surface area contributed by atoms with Gasteiger partial charge in [0.15, 0.2) is 0 Å². The van der Waals surface area contributed by atoms with Gasteiger partial charge in [-0.05, 0) is 31.2 Å². The molecule has 4 atom stereocenters. The Balaban J connectivity index is 2.05. The summed E-state index contributed by atoms with van der Waals surface area (Å²) in [4.78, 5) is 2.53. The molecule has 3 fully saturated rings. The van der Waals surface area contributed by atoms with Crippen LogP contribution in [0.4, 0.5) is 0 Å². The van der Waals surface area contributed by atoms with Crippen LogP contribution in [-0.2, 0) is 0 Å². The summed E-state index contributed by atoms with van der Waals surface area (Å²) < 4.78 is 0. The first kappa shape index (κ1) is 8.27. The van der Waals surface area contributed by atoms with E-state index in [1.54, 1.807) is 0 Å². The topological polar surface area (TPSA) is 29.3 Å². The molecule has 0 aliphatic carbocycles. The normalized spacial score (nSPS) is 46.1. The maximum absolute atomic E-state index is 5.71. The monoisotopic (exact) mass is 166 g/mol. The summed E-state index contributed by atoms with van der Waals surface area (Å²) in [5.74, 6) is 1.61. The molecule has 3 aliphatic rings.